The maximum atomic E-state index is 12.9. The van der Waals surface area contributed by atoms with Crippen molar-refractivity contribution in [2.24, 2.45) is 0 Å². The van der Waals surface area contributed by atoms with Crippen LogP contribution in [-0.2, 0) is 25.9 Å². The Bertz CT molecular complexity index is 1200. The van der Waals surface area contributed by atoms with Crippen LogP contribution in [0.25, 0.3) is 0 Å². The van der Waals surface area contributed by atoms with Crippen LogP contribution in [0, 0.1) is 0 Å². The molecule has 0 amide bonds. The number of aliphatic hydroxyl groups is 1. The van der Waals surface area contributed by atoms with Crippen molar-refractivity contribution in [3.63, 3.8) is 0 Å². The molecule has 33 heavy (non-hydrogen) atoms. The summed E-state index contributed by atoms with van der Waals surface area (Å²) in [6, 6.07) is 19.4. The average Bonchev–Trinajstić information content (AvgIpc) is 2.81. The number of sulfone groups is 1. The summed E-state index contributed by atoms with van der Waals surface area (Å²) in [5.41, 5.74) is 1.69. The van der Waals surface area contributed by atoms with Gasteiger partial charge in [-0.2, -0.15) is 0 Å². The Hall–Kier alpha value is -2.91. The predicted molar refractivity (Wildman–Crippen MR) is 124 cm³/mol. The van der Waals surface area contributed by atoms with Crippen LogP contribution in [0.1, 0.15) is 24.2 Å². The second-order valence-corrected chi connectivity index (χ2v) is 9.69. The second kappa shape index (κ2) is 11.3. The molecule has 0 saturated carbocycles. The summed E-state index contributed by atoms with van der Waals surface area (Å²) < 4.78 is 25.8. The van der Waals surface area contributed by atoms with Gasteiger partial charge >= 0.3 is 5.97 Å². The van der Waals surface area contributed by atoms with Crippen molar-refractivity contribution < 1.29 is 28.1 Å². The molecule has 174 valence electrons. The first-order valence-corrected chi connectivity index (χ1v) is 12.1. The maximum Gasteiger partial charge on any atom is 0.352 e. The lowest BCUT2D eigenvalue weighted by Gasteiger charge is -2.13. The minimum absolute atomic E-state index is 0.0246. The highest BCUT2D eigenvalue weighted by Gasteiger charge is 2.18. The van der Waals surface area contributed by atoms with Crippen molar-refractivity contribution in [3.05, 3.63) is 88.9 Å². The monoisotopic (exact) mass is 489 g/mol. The van der Waals surface area contributed by atoms with Gasteiger partial charge < -0.3 is 10.4 Å². The van der Waals surface area contributed by atoms with Crippen molar-refractivity contribution in [2.75, 3.05) is 13.1 Å². The van der Waals surface area contributed by atoms with Crippen molar-refractivity contribution >= 4 is 27.4 Å². The third kappa shape index (κ3) is 7.03. The molecule has 0 radical (unpaired) electrons. The van der Waals surface area contributed by atoms with E-state index in [2.05, 4.69) is 10.2 Å². The van der Waals surface area contributed by atoms with Gasteiger partial charge in [0.1, 0.15) is 0 Å². The number of hydrogen-bond donors (Lipinski definition) is 2. The van der Waals surface area contributed by atoms with Gasteiger partial charge in [0.05, 0.1) is 15.9 Å². The quantitative estimate of drug-likeness (QED) is 0.253. The highest BCUT2D eigenvalue weighted by molar-refractivity contribution is 7.91. The first-order chi connectivity index (χ1) is 15.8. The van der Waals surface area contributed by atoms with E-state index < -0.39 is 21.9 Å². The molecule has 0 aliphatic carbocycles. The normalized spacial score (nSPS) is 12.2. The second-order valence-electron chi connectivity index (χ2n) is 7.31. The Kier molecular flexibility index (Phi) is 8.46. The highest BCUT2D eigenvalue weighted by atomic mass is 35.5. The molecule has 1 atom stereocenters. The van der Waals surface area contributed by atoms with E-state index in [1.54, 1.807) is 42.5 Å². The molecule has 3 aromatic rings. The standard InChI is InChI=1S/C24H24ClNO6S/c1-17(27)31-32-21-6-3-7-23(15-21)33(29,30)22-10-8-18(9-11-22)12-13-26-16-24(28)19-4-2-5-20(25)14-19/h2-11,14-15,24,26,28H,12-13,16H2,1H3/t24-/m0/s1. The van der Waals surface area contributed by atoms with Crippen molar-refractivity contribution in [1.29, 1.82) is 0 Å². The molecule has 0 aliphatic heterocycles. The molecular formula is C24H24ClNO6S. The molecular weight excluding hydrogens is 466 g/mol. The van der Waals surface area contributed by atoms with Crippen LogP contribution in [0.5, 0.6) is 5.75 Å². The average molecular weight is 490 g/mol. The van der Waals surface area contributed by atoms with Gasteiger partial charge in [-0.25, -0.2) is 13.2 Å². The molecule has 0 aliphatic rings. The summed E-state index contributed by atoms with van der Waals surface area (Å²) in [4.78, 5) is 20.3. The van der Waals surface area contributed by atoms with Crippen molar-refractivity contribution in [3.8, 4) is 5.75 Å². The molecule has 3 aromatic carbocycles. The zero-order chi connectivity index (χ0) is 23.8. The van der Waals surface area contributed by atoms with Gasteiger partial charge in [0.25, 0.3) is 0 Å². The van der Waals surface area contributed by atoms with Crippen LogP contribution < -0.4 is 10.2 Å². The molecule has 0 heterocycles. The SMILES string of the molecule is CC(=O)OOc1cccc(S(=O)(=O)c2ccc(CCNC[C@H](O)c3cccc(Cl)c3)cc2)c1. The molecule has 0 aromatic heterocycles. The summed E-state index contributed by atoms with van der Waals surface area (Å²) in [6.45, 7) is 2.16. The first kappa shape index (κ1) is 24.7. The van der Waals surface area contributed by atoms with Crippen LogP contribution in [0.3, 0.4) is 0 Å². The largest absolute Gasteiger partial charge is 0.387 e. The third-order valence-electron chi connectivity index (χ3n) is 4.77. The zero-order valence-electron chi connectivity index (χ0n) is 17.9. The van der Waals surface area contributed by atoms with Gasteiger partial charge in [-0.15, -0.1) is 0 Å². The fourth-order valence-electron chi connectivity index (χ4n) is 3.07. The third-order valence-corrected chi connectivity index (χ3v) is 6.77. The van der Waals surface area contributed by atoms with Crippen LogP contribution >= 0.6 is 11.6 Å². The summed E-state index contributed by atoms with van der Waals surface area (Å²) in [5.74, 6) is -0.541. The Morgan fingerprint density at radius 3 is 2.45 bits per heavy atom. The van der Waals surface area contributed by atoms with Gasteiger partial charge in [-0.1, -0.05) is 41.9 Å². The fourth-order valence-corrected chi connectivity index (χ4v) is 4.57. The van der Waals surface area contributed by atoms with E-state index in [0.717, 1.165) is 11.1 Å². The number of carbonyl (C=O) groups excluding carboxylic acids is 1. The molecule has 0 unspecified atom stereocenters. The highest BCUT2D eigenvalue weighted by Crippen LogP contribution is 2.25. The summed E-state index contributed by atoms with van der Waals surface area (Å²) in [5, 5.41) is 14.0. The lowest BCUT2D eigenvalue weighted by molar-refractivity contribution is -0.210. The van der Waals surface area contributed by atoms with Gasteiger partial charge in [0, 0.05) is 24.6 Å². The zero-order valence-corrected chi connectivity index (χ0v) is 19.5. The minimum Gasteiger partial charge on any atom is -0.387 e. The number of carbonyl (C=O) groups is 1. The number of rotatable bonds is 10. The van der Waals surface area contributed by atoms with E-state index in [1.165, 1.54) is 31.2 Å². The van der Waals surface area contributed by atoms with Gasteiger partial charge in [0.2, 0.25) is 9.84 Å². The van der Waals surface area contributed by atoms with Crippen molar-refractivity contribution in [1.82, 2.24) is 5.32 Å². The molecule has 3 rings (SSSR count). The van der Waals surface area contributed by atoms with E-state index in [9.17, 15) is 18.3 Å². The number of halogens is 1. The lowest BCUT2D eigenvalue weighted by Crippen LogP contribution is -2.23. The van der Waals surface area contributed by atoms with Gasteiger partial charge in [0.15, 0.2) is 5.75 Å². The molecule has 7 nitrogen and oxygen atoms in total. The Morgan fingerprint density at radius 2 is 1.76 bits per heavy atom. The fraction of sp³-hybridized carbons (Fsp3) is 0.208. The van der Waals surface area contributed by atoms with Crippen LogP contribution in [0.2, 0.25) is 5.02 Å². The maximum absolute atomic E-state index is 12.9. The number of aliphatic hydroxyl groups excluding tert-OH is 1. The van der Waals surface area contributed by atoms with Crippen LogP contribution in [0.4, 0.5) is 0 Å². The van der Waals surface area contributed by atoms with E-state index in [1.807, 2.05) is 6.07 Å². The van der Waals surface area contributed by atoms with Crippen LogP contribution in [-0.4, -0.2) is 32.6 Å². The van der Waals surface area contributed by atoms with E-state index in [4.69, 9.17) is 16.5 Å². The topological polar surface area (TPSA) is 102 Å². The van der Waals surface area contributed by atoms with Crippen molar-refractivity contribution in [2.45, 2.75) is 29.2 Å². The van der Waals surface area contributed by atoms with Gasteiger partial charge in [-0.05, 0) is 60.5 Å². The molecule has 0 spiro atoms. The number of benzene rings is 3. The molecule has 2 N–H and O–H groups in total. The van der Waals surface area contributed by atoms with Crippen LogP contribution in [0.15, 0.2) is 82.6 Å². The molecule has 0 bridgehead atoms. The minimum atomic E-state index is -3.77. The van der Waals surface area contributed by atoms with E-state index in [0.29, 0.717) is 24.5 Å². The Morgan fingerprint density at radius 1 is 1.03 bits per heavy atom. The smallest absolute Gasteiger partial charge is 0.352 e. The predicted octanol–water partition coefficient (Wildman–Crippen LogP) is 3.90. The summed E-state index contributed by atoms with van der Waals surface area (Å²) in [6.07, 6.45) is -0.00861. The van der Waals surface area contributed by atoms with E-state index >= 15 is 0 Å². The number of hydrogen-bond acceptors (Lipinski definition) is 7. The summed E-state index contributed by atoms with van der Waals surface area (Å²) >= 11 is 5.95. The number of nitrogens with one attached hydrogen (secondary N) is 1. The summed E-state index contributed by atoms with van der Waals surface area (Å²) in [7, 11) is -3.77. The first-order valence-electron chi connectivity index (χ1n) is 10.2. The van der Waals surface area contributed by atoms with Gasteiger partial charge in [-0.3, -0.25) is 9.78 Å². The molecule has 0 fully saturated rings. The molecule has 9 heteroatoms. The Labute approximate surface area is 197 Å². The molecule has 0 saturated heterocycles. The Balaban J connectivity index is 1.56. The lowest BCUT2D eigenvalue weighted by atomic mass is 10.1. The van der Waals surface area contributed by atoms with E-state index in [-0.39, 0.29) is 15.5 Å².